The second-order valence-electron chi connectivity index (χ2n) is 8.77. The quantitative estimate of drug-likeness (QED) is 0.248. The van der Waals surface area contributed by atoms with E-state index in [-0.39, 0.29) is 4.90 Å². The molecule has 0 aliphatic rings. The van der Waals surface area contributed by atoms with Crippen LogP contribution in [0.1, 0.15) is 71.6 Å². The lowest BCUT2D eigenvalue weighted by molar-refractivity contribution is 0.156. The SMILES string of the molecule is CCCCCCCCCCC(O)CN(CC(C)O)c1cccc2c(S(=O)(=O)O)cccc12. The Balaban J connectivity index is 2.06. The number of benzene rings is 2. The average molecular weight is 466 g/mol. The molecule has 0 fully saturated rings. The molecule has 3 N–H and O–H groups in total. The van der Waals surface area contributed by atoms with E-state index >= 15 is 0 Å². The normalized spacial score (nSPS) is 13.9. The second kappa shape index (κ2) is 13.1. The van der Waals surface area contributed by atoms with Gasteiger partial charge in [-0.25, -0.2) is 0 Å². The zero-order chi connectivity index (χ0) is 23.6. The Morgan fingerprint density at radius 3 is 2.06 bits per heavy atom. The number of fused-ring (bicyclic) bond motifs is 1. The Kier molecular flexibility index (Phi) is 10.9. The van der Waals surface area contributed by atoms with Crippen LogP contribution in [-0.2, 0) is 10.1 Å². The molecule has 0 saturated heterocycles. The summed E-state index contributed by atoms with van der Waals surface area (Å²) < 4.78 is 33.2. The van der Waals surface area contributed by atoms with Gasteiger partial charge in [0.2, 0.25) is 0 Å². The van der Waals surface area contributed by atoms with Gasteiger partial charge in [-0.3, -0.25) is 4.55 Å². The molecule has 0 spiro atoms. The van der Waals surface area contributed by atoms with E-state index in [9.17, 15) is 23.2 Å². The Labute approximate surface area is 193 Å². The second-order valence-corrected chi connectivity index (χ2v) is 10.2. The average Bonchev–Trinajstić information content (AvgIpc) is 2.73. The number of anilines is 1. The number of hydrogen-bond donors (Lipinski definition) is 3. The van der Waals surface area contributed by atoms with E-state index < -0.39 is 22.3 Å². The van der Waals surface area contributed by atoms with Crippen molar-refractivity contribution in [2.45, 2.75) is 88.7 Å². The van der Waals surface area contributed by atoms with Crippen molar-refractivity contribution in [2.75, 3.05) is 18.0 Å². The summed E-state index contributed by atoms with van der Waals surface area (Å²) >= 11 is 0. The summed E-state index contributed by atoms with van der Waals surface area (Å²) in [5, 5.41) is 21.8. The Bertz CT molecular complexity index is 929. The predicted octanol–water partition coefficient (Wildman–Crippen LogP) is 5.17. The summed E-state index contributed by atoms with van der Waals surface area (Å²) in [7, 11) is -4.36. The van der Waals surface area contributed by atoms with Gasteiger partial charge in [-0.1, -0.05) is 82.6 Å². The van der Waals surface area contributed by atoms with E-state index in [2.05, 4.69) is 6.92 Å². The standard InChI is InChI=1S/C25H39NO5S/c1-3-4-5-6-7-8-9-10-13-21(28)19-26(18-20(2)27)24-16-11-15-23-22(24)14-12-17-25(23)32(29,30)31/h11-12,14-17,20-21,27-28H,3-10,13,18-19H2,1-2H3,(H,29,30,31). The van der Waals surface area contributed by atoms with Crippen molar-refractivity contribution in [3.63, 3.8) is 0 Å². The molecule has 0 saturated carbocycles. The highest BCUT2D eigenvalue weighted by Crippen LogP contribution is 2.31. The first-order valence-corrected chi connectivity index (χ1v) is 13.3. The maximum Gasteiger partial charge on any atom is 0.295 e. The Morgan fingerprint density at radius 1 is 0.844 bits per heavy atom. The lowest BCUT2D eigenvalue weighted by Gasteiger charge is -2.30. The van der Waals surface area contributed by atoms with Crippen molar-refractivity contribution >= 4 is 26.6 Å². The van der Waals surface area contributed by atoms with Crippen LogP contribution in [0.4, 0.5) is 5.69 Å². The molecule has 2 unspecified atom stereocenters. The van der Waals surface area contributed by atoms with E-state index in [0.29, 0.717) is 30.3 Å². The van der Waals surface area contributed by atoms with Gasteiger partial charge in [0.1, 0.15) is 4.90 Å². The van der Waals surface area contributed by atoms with Crippen molar-refractivity contribution in [2.24, 2.45) is 0 Å². The molecule has 0 heterocycles. The van der Waals surface area contributed by atoms with Crippen LogP contribution in [0.3, 0.4) is 0 Å². The molecule has 2 rings (SSSR count). The van der Waals surface area contributed by atoms with E-state index in [0.717, 1.165) is 18.5 Å². The minimum absolute atomic E-state index is 0.145. The number of aliphatic hydroxyl groups excluding tert-OH is 2. The van der Waals surface area contributed by atoms with Gasteiger partial charge >= 0.3 is 0 Å². The fraction of sp³-hybridized carbons (Fsp3) is 0.600. The lowest BCUT2D eigenvalue weighted by Crippen LogP contribution is -2.37. The van der Waals surface area contributed by atoms with Crippen LogP contribution in [-0.4, -0.2) is 48.5 Å². The molecule has 0 bridgehead atoms. The molecule has 0 aromatic heterocycles. The van der Waals surface area contributed by atoms with Gasteiger partial charge in [-0.15, -0.1) is 0 Å². The van der Waals surface area contributed by atoms with Gasteiger partial charge in [-0.2, -0.15) is 8.42 Å². The van der Waals surface area contributed by atoms with E-state index in [1.165, 1.54) is 44.6 Å². The third-order valence-electron chi connectivity index (χ3n) is 5.78. The molecule has 0 aliphatic carbocycles. The minimum Gasteiger partial charge on any atom is -0.392 e. The molecule has 6 nitrogen and oxygen atoms in total. The van der Waals surface area contributed by atoms with Crippen molar-refractivity contribution in [3.05, 3.63) is 36.4 Å². The largest absolute Gasteiger partial charge is 0.392 e. The number of hydrogen-bond acceptors (Lipinski definition) is 5. The maximum absolute atomic E-state index is 11.8. The third kappa shape index (κ3) is 8.35. The number of nitrogens with zero attached hydrogens (tertiary/aromatic N) is 1. The summed E-state index contributed by atoms with van der Waals surface area (Å²) in [5.74, 6) is 0. The highest BCUT2D eigenvalue weighted by molar-refractivity contribution is 7.86. The molecule has 2 aromatic rings. The minimum atomic E-state index is -4.36. The summed E-state index contributed by atoms with van der Waals surface area (Å²) in [6.07, 6.45) is 9.16. The van der Waals surface area contributed by atoms with Crippen LogP contribution >= 0.6 is 0 Å². The van der Waals surface area contributed by atoms with Gasteiger partial charge in [0.25, 0.3) is 10.1 Å². The monoisotopic (exact) mass is 465 g/mol. The third-order valence-corrected chi connectivity index (χ3v) is 6.70. The number of aliphatic hydroxyl groups is 2. The topological polar surface area (TPSA) is 98.1 Å². The van der Waals surface area contributed by atoms with Crippen LogP contribution in [0.5, 0.6) is 0 Å². The van der Waals surface area contributed by atoms with Crippen molar-refractivity contribution in [1.29, 1.82) is 0 Å². The molecule has 7 heteroatoms. The lowest BCUT2D eigenvalue weighted by atomic mass is 10.0. The Hall–Kier alpha value is -1.67. The van der Waals surface area contributed by atoms with Crippen LogP contribution in [0.15, 0.2) is 41.3 Å². The highest BCUT2D eigenvalue weighted by atomic mass is 32.2. The van der Waals surface area contributed by atoms with Gasteiger partial charge in [-0.05, 0) is 25.5 Å². The fourth-order valence-corrected chi connectivity index (χ4v) is 4.92. The molecule has 0 radical (unpaired) electrons. The van der Waals surface area contributed by atoms with Gasteiger partial charge in [0.05, 0.1) is 12.2 Å². The van der Waals surface area contributed by atoms with Crippen LogP contribution in [0.2, 0.25) is 0 Å². The van der Waals surface area contributed by atoms with Crippen LogP contribution in [0.25, 0.3) is 10.8 Å². The van der Waals surface area contributed by atoms with Gasteiger partial charge in [0.15, 0.2) is 0 Å². The van der Waals surface area contributed by atoms with Gasteiger partial charge < -0.3 is 15.1 Å². The molecule has 2 atom stereocenters. The first kappa shape index (κ1) is 26.6. The molecule has 0 amide bonds. The van der Waals surface area contributed by atoms with Crippen molar-refractivity contribution < 1.29 is 23.2 Å². The first-order valence-electron chi connectivity index (χ1n) is 11.8. The van der Waals surface area contributed by atoms with Crippen LogP contribution in [0, 0.1) is 0 Å². The number of unbranched alkanes of at least 4 members (excludes halogenated alkanes) is 7. The summed E-state index contributed by atoms with van der Waals surface area (Å²) in [6.45, 7) is 4.56. The van der Waals surface area contributed by atoms with E-state index in [1.54, 1.807) is 31.2 Å². The first-order chi connectivity index (χ1) is 15.2. The summed E-state index contributed by atoms with van der Waals surface area (Å²) in [6, 6.07) is 9.98. The summed E-state index contributed by atoms with van der Waals surface area (Å²) in [4.78, 5) is 1.75. The Morgan fingerprint density at radius 2 is 1.44 bits per heavy atom. The molecule has 180 valence electrons. The van der Waals surface area contributed by atoms with Crippen molar-refractivity contribution in [3.8, 4) is 0 Å². The van der Waals surface area contributed by atoms with E-state index in [4.69, 9.17) is 0 Å². The van der Waals surface area contributed by atoms with E-state index in [1.807, 2.05) is 11.0 Å². The zero-order valence-electron chi connectivity index (χ0n) is 19.4. The zero-order valence-corrected chi connectivity index (χ0v) is 20.2. The summed E-state index contributed by atoms with van der Waals surface area (Å²) in [5.41, 5.74) is 0.726. The predicted molar refractivity (Wildman–Crippen MR) is 131 cm³/mol. The van der Waals surface area contributed by atoms with Crippen LogP contribution < -0.4 is 4.90 Å². The van der Waals surface area contributed by atoms with Crippen molar-refractivity contribution in [1.82, 2.24) is 0 Å². The molecule has 2 aromatic carbocycles. The fourth-order valence-electron chi connectivity index (χ4n) is 4.21. The maximum atomic E-state index is 11.8. The smallest absolute Gasteiger partial charge is 0.295 e. The van der Waals surface area contributed by atoms with Gasteiger partial charge in [0, 0.05) is 29.5 Å². The highest BCUT2D eigenvalue weighted by Gasteiger charge is 2.20. The molecule has 32 heavy (non-hydrogen) atoms. The molecular formula is C25H39NO5S. The number of rotatable bonds is 15. The molecule has 0 aliphatic heterocycles. The molecular weight excluding hydrogens is 426 g/mol.